The highest BCUT2D eigenvalue weighted by Gasteiger charge is 2.32. The van der Waals surface area contributed by atoms with Gasteiger partial charge in [-0.1, -0.05) is 0 Å². The molecule has 1 aromatic rings. The number of anilines is 1. The van der Waals surface area contributed by atoms with Gasteiger partial charge in [-0.15, -0.1) is 11.3 Å². The molecule has 6 heteroatoms. The van der Waals surface area contributed by atoms with Crippen LogP contribution in [0.1, 0.15) is 25.7 Å². The zero-order chi connectivity index (χ0) is 13.8. The number of likely N-dealkylation sites (tertiary alicyclic amines) is 1. The van der Waals surface area contributed by atoms with Gasteiger partial charge < -0.3 is 10.6 Å². The molecule has 3 rings (SSSR count). The summed E-state index contributed by atoms with van der Waals surface area (Å²) in [4.78, 5) is 18.9. The number of hydrogen-bond acceptors (Lipinski definition) is 5. The molecule has 0 spiro atoms. The second-order valence-electron chi connectivity index (χ2n) is 5.67. The molecule has 2 saturated heterocycles. The van der Waals surface area contributed by atoms with Crippen molar-refractivity contribution in [3.05, 3.63) is 11.6 Å². The van der Waals surface area contributed by atoms with E-state index in [1.807, 2.05) is 5.38 Å². The van der Waals surface area contributed by atoms with Crippen molar-refractivity contribution in [2.24, 2.45) is 5.92 Å². The molecule has 5 nitrogen and oxygen atoms in total. The minimum atomic E-state index is 0.0359. The standard InChI is InChI=1S/C14H22N4OS/c19-13(17-14-16-7-9-20-14)12-2-1-8-18(12)10-11-3-5-15-6-4-11/h7,9,11-12,15H,1-6,8,10H2,(H,16,17,19). The highest BCUT2D eigenvalue weighted by Crippen LogP contribution is 2.23. The Hall–Kier alpha value is -0.980. The number of amides is 1. The Labute approximate surface area is 123 Å². The van der Waals surface area contributed by atoms with Crippen molar-refractivity contribution in [3.8, 4) is 0 Å². The van der Waals surface area contributed by atoms with E-state index in [1.165, 1.54) is 24.2 Å². The zero-order valence-electron chi connectivity index (χ0n) is 11.7. The molecular formula is C14H22N4OS. The average Bonchev–Trinajstić information content (AvgIpc) is 3.11. The van der Waals surface area contributed by atoms with E-state index in [0.717, 1.165) is 44.9 Å². The van der Waals surface area contributed by atoms with Crippen molar-refractivity contribution in [2.45, 2.75) is 31.7 Å². The number of thiazole rings is 1. The highest BCUT2D eigenvalue weighted by atomic mass is 32.1. The first-order valence-electron chi connectivity index (χ1n) is 7.48. The normalized spacial score (nSPS) is 24.9. The van der Waals surface area contributed by atoms with E-state index >= 15 is 0 Å². The minimum Gasteiger partial charge on any atom is -0.317 e. The SMILES string of the molecule is O=C(Nc1nccs1)C1CCCN1CC1CCNCC1. The third-order valence-corrected chi connectivity index (χ3v) is 4.97. The number of nitrogens with one attached hydrogen (secondary N) is 2. The van der Waals surface area contributed by atoms with Gasteiger partial charge in [0.1, 0.15) is 0 Å². The molecule has 1 atom stereocenters. The molecule has 20 heavy (non-hydrogen) atoms. The molecule has 3 heterocycles. The Morgan fingerprint density at radius 2 is 2.30 bits per heavy atom. The van der Waals surface area contributed by atoms with Gasteiger partial charge in [0.2, 0.25) is 5.91 Å². The van der Waals surface area contributed by atoms with Crippen molar-refractivity contribution in [1.29, 1.82) is 0 Å². The Balaban J connectivity index is 1.55. The second-order valence-corrected chi connectivity index (χ2v) is 6.57. The van der Waals surface area contributed by atoms with Crippen molar-refractivity contribution in [1.82, 2.24) is 15.2 Å². The van der Waals surface area contributed by atoms with E-state index in [0.29, 0.717) is 5.13 Å². The lowest BCUT2D eigenvalue weighted by Crippen LogP contribution is -2.43. The lowest BCUT2D eigenvalue weighted by molar-refractivity contribution is -0.120. The van der Waals surface area contributed by atoms with Crippen LogP contribution in [0.4, 0.5) is 5.13 Å². The Kier molecular flexibility index (Phi) is 4.65. The maximum atomic E-state index is 12.4. The Morgan fingerprint density at radius 3 is 3.05 bits per heavy atom. The number of rotatable bonds is 4. The van der Waals surface area contributed by atoms with Crippen molar-refractivity contribution in [3.63, 3.8) is 0 Å². The predicted octanol–water partition coefficient (Wildman–Crippen LogP) is 1.55. The summed E-state index contributed by atoms with van der Waals surface area (Å²) < 4.78 is 0. The molecule has 2 N–H and O–H groups in total. The van der Waals surface area contributed by atoms with Gasteiger partial charge in [0.15, 0.2) is 5.13 Å². The van der Waals surface area contributed by atoms with Crippen LogP contribution in [-0.4, -0.2) is 48.0 Å². The zero-order valence-corrected chi connectivity index (χ0v) is 12.5. The lowest BCUT2D eigenvalue weighted by atomic mass is 9.97. The quantitative estimate of drug-likeness (QED) is 0.884. The molecule has 1 amide bonds. The molecule has 1 aromatic heterocycles. The number of aromatic nitrogens is 1. The number of nitrogens with zero attached hydrogens (tertiary/aromatic N) is 2. The molecule has 2 fully saturated rings. The monoisotopic (exact) mass is 294 g/mol. The van der Waals surface area contributed by atoms with Crippen molar-refractivity contribution < 1.29 is 4.79 Å². The molecule has 2 aliphatic heterocycles. The molecule has 0 aliphatic carbocycles. The summed E-state index contributed by atoms with van der Waals surface area (Å²) in [6.07, 6.45) is 6.29. The van der Waals surface area contributed by atoms with Gasteiger partial charge in [0.25, 0.3) is 0 Å². The van der Waals surface area contributed by atoms with E-state index in [4.69, 9.17) is 0 Å². The van der Waals surface area contributed by atoms with Crippen LogP contribution in [0.25, 0.3) is 0 Å². The van der Waals surface area contributed by atoms with Crippen LogP contribution in [-0.2, 0) is 4.79 Å². The topological polar surface area (TPSA) is 57.3 Å². The lowest BCUT2D eigenvalue weighted by Gasteiger charge is -2.30. The molecule has 2 aliphatic rings. The van der Waals surface area contributed by atoms with Gasteiger partial charge >= 0.3 is 0 Å². The van der Waals surface area contributed by atoms with Crippen LogP contribution in [0.15, 0.2) is 11.6 Å². The summed E-state index contributed by atoms with van der Waals surface area (Å²) in [6, 6.07) is 0.0359. The van der Waals surface area contributed by atoms with E-state index in [2.05, 4.69) is 20.5 Å². The van der Waals surface area contributed by atoms with E-state index in [1.54, 1.807) is 6.20 Å². The first kappa shape index (κ1) is 14.0. The largest absolute Gasteiger partial charge is 0.317 e. The van der Waals surface area contributed by atoms with Crippen LogP contribution in [0.5, 0.6) is 0 Å². The van der Waals surface area contributed by atoms with Crippen LogP contribution < -0.4 is 10.6 Å². The Bertz CT molecular complexity index is 430. The molecule has 0 aromatic carbocycles. The van der Waals surface area contributed by atoms with Gasteiger partial charge in [-0.3, -0.25) is 9.69 Å². The fourth-order valence-electron chi connectivity index (χ4n) is 3.21. The molecule has 0 bridgehead atoms. The Morgan fingerprint density at radius 1 is 1.45 bits per heavy atom. The summed E-state index contributed by atoms with van der Waals surface area (Å²) in [6.45, 7) is 4.36. The molecule has 110 valence electrons. The molecule has 0 saturated carbocycles. The number of hydrogen-bond donors (Lipinski definition) is 2. The number of carbonyl (C=O) groups excluding carboxylic acids is 1. The highest BCUT2D eigenvalue weighted by molar-refractivity contribution is 7.13. The fourth-order valence-corrected chi connectivity index (χ4v) is 3.74. The van der Waals surface area contributed by atoms with Crippen LogP contribution >= 0.6 is 11.3 Å². The van der Waals surface area contributed by atoms with Gasteiger partial charge in [-0.2, -0.15) is 0 Å². The number of carbonyl (C=O) groups is 1. The van der Waals surface area contributed by atoms with Gasteiger partial charge in [-0.05, 0) is 51.2 Å². The first-order chi connectivity index (χ1) is 9.83. The number of piperidine rings is 1. The van der Waals surface area contributed by atoms with E-state index in [-0.39, 0.29) is 11.9 Å². The maximum absolute atomic E-state index is 12.4. The molecule has 1 unspecified atom stereocenters. The molecule has 0 radical (unpaired) electrons. The van der Waals surface area contributed by atoms with Gasteiger partial charge in [0.05, 0.1) is 6.04 Å². The van der Waals surface area contributed by atoms with Crippen molar-refractivity contribution in [2.75, 3.05) is 31.5 Å². The van der Waals surface area contributed by atoms with E-state index < -0.39 is 0 Å². The van der Waals surface area contributed by atoms with Gasteiger partial charge in [0, 0.05) is 18.1 Å². The fraction of sp³-hybridized carbons (Fsp3) is 0.714. The summed E-state index contributed by atoms with van der Waals surface area (Å²) >= 11 is 1.48. The maximum Gasteiger partial charge on any atom is 0.243 e. The minimum absolute atomic E-state index is 0.0359. The molecular weight excluding hydrogens is 272 g/mol. The summed E-state index contributed by atoms with van der Waals surface area (Å²) in [5.74, 6) is 0.857. The van der Waals surface area contributed by atoms with Crippen LogP contribution in [0.2, 0.25) is 0 Å². The summed E-state index contributed by atoms with van der Waals surface area (Å²) in [7, 11) is 0. The summed E-state index contributed by atoms with van der Waals surface area (Å²) in [5, 5.41) is 8.94. The average molecular weight is 294 g/mol. The first-order valence-corrected chi connectivity index (χ1v) is 8.36. The third-order valence-electron chi connectivity index (χ3n) is 4.28. The van der Waals surface area contributed by atoms with Crippen molar-refractivity contribution >= 4 is 22.4 Å². The third kappa shape index (κ3) is 3.37. The van der Waals surface area contributed by atoms with Crippen LogP contribution in [0.3, 0.4) is 0 Å². The predicted molar refractivity (Wildman–Crippen MR) is 80.9 cm³/mol. The second kappa shape index (κ2) is 6.65. The van der Waals surface area contributed by atoms with Crippen LogP contribution in [0, 0.1) is 5.92 Å². The summed E-state index contributed by atoms with van der Waals surface area (Å²) in [5.41, 5.74) is 0. The van der Waals surface area contributed by atoms with Gasteiger partial charge in [-0.25, -0.2) is 4.98 Å². The smallest absolute Gasteiger partial charge is 0.243 e. The van der Waals surface area contributed by atoms with E-state index in [9.17, 15) is 4.79 Å².